The van der Waals surface area contributed by atoms with Crippen molar-refractivity contribution in [2.45, 2.75) is 33.6 Å². The van der Waals surface area contributed by atoms with Crippen molar-refractivity contribution in [3.63, 3.8) is 0 Å². The van der Waals surface area contributed by atoms with Gasteiger partial charge in [0.15, 0.2) is 0 Å². The average molecular weight is 224 g/mol. The molecule has 0 atom stereocenters. The van der Waals surface area contributed by atoms with Crippen LogP contribution in [0.25, 0.3) is 16.8 Å². The SMILES string of the molecule is CC=Cc1ccc2c(CC)cccc2c1CC. The van der Waals surface area contributed by atoms with Crippen LogP contribution in [0.5, 0.6) is 0 Å². The second-order valence-corrected chi connectivity index (χ2v) is 4.35. The van der Waals surface area contributed by atoms with Crippen molar-refractivity contribution in [2.75, 3.05) is 0 Å². The van der Waals surface area contributed by atoms with Crippen LogP contribution in [0.1, 0.15) is 37.5 Å². The molecular formula is C17H20. The molecule has 0 N–H and O–H groups in total. The minimum Gasteiger partial charge on any atom is -0.0871 e. The summed E-state index contributed by atoms with van der Waals surface area (Å²) in [6, 6.07) is 11.2. The smallest absolute Gasteiger partial charge is 0.0143 e. The first-order valence-electron chi connectivity index (χ1n) is 6.48. The molecule has 0 nitrogen and oxygen atoms in total. The fourth-order valence-electron chi connectivity index (χ4n) is 2.54. The van der Waals surface area contributed by atoms with E-state index in [2.05, 4.69) is 63.3 Å². The fraction of sp³-hybridized carbons (Fsp3) is 0.294. The van der Waals surface area contributed by atoms with E-state index in [0.29, 0.717) is 0 Å². The highest BCUT2D eigenvalue weighted by Crippen LogP contribution is 2.27. The van der Waals surface area contributed by atoms with Gasteiger partial charge in [-0.05, 0) is 47.2 Å². The number of rotatable bonds is 3. The molecule has 0 aliphatic rings. The van der Waals surface area contributed by atoms with Crippen LogP contribution >= 0.6 is 0 Å². The Balaban J connectivity index is 2.78. The van der Waals surface area contributed by atoms with Crippen molar-refractivity contribution in [1.29, 1.82) is 0 Å². The molecule has 0 spiro atoms. The van der Waals surface area contributed by atoms with Gasteiger partial charge in [-0.1, -0.05) is 56.3 Å². The third-order valence-corrected chi connectivity index (χ3v) is 3.38. The van der Waals surface area contributed by atoms with Crippen LogP contribution in [0.3, 0.4) is 0 Å². The molecule has 2 rings (SSSR count). The van der Waals surface area contributed by atoms with Crippen molar-refractivity contribution in [1.82, 2.24) is 0 Å². The first kappa shape index (κ1) is 11.9. The lowest BCUT2D eigenvalue weighted by Crippen LogP contribution is -1.92. The van der Waals surface area contributed by atoms with Gasteiger partial charge in [-0.3, -0.25) is 0 Å². The number of allylic oxidation sites excluding steroid dienone is 1. The molecule has 2 aromatic rings. The molecule has 0 aromatic heterocycles. The van der Waals surface area contributed by atoms with Gasteiger partial charge in [0.2, 0.25) is 0 Å². The average Bonchev–Trinajstić information content (AvgIpc) is 2.38. The van der Waals surface area contributed by atoms with Crippen LogP contribution in [0, 0.1) is 0 Å². The van der Waals surface area contributed by atoms with E-state index < -0.39 is 0 Å². The van der Waals surface area contributed by atoms with Gasteiger partial charge in [-0.25, -0.2) is 0 Å². The normalized spacial score (nSPS) is 11.5. The quantitative estimate of drug-likeness (QED) is 0.688. The zero-order valence-electron chi connectivity index (χ0n) is 11.0. The van der Waals surface area contributed by atoms with Crippen LogP contribution in [-0.2, 0) is 12.8 Å². The molecule has 0 radical (unpaired) electrons. The minimum atomic E-state index is 1.09. The zero-order valence-corrected chi connectivity index (χ0v) is 11.0. The Kier molecular flexibility index (Phi) is 3.63. The standard InChI is InChI=1S/C17H20/c1-4-8-14-11-12-16-13(5-2)9-7-10-17(16)15(14)6-3/h4,7-12H,5-6H2,1-3H3. The fourth-order valence-corrected chi connectivity index (χ4v) is 2.54. The van der Waals surface area contributed by atoms with Gasteiger partial charge in [-0.15, -0.1) is 0 Å². The van der Waals surface area contributed by atoms with Gasteiger partial charge < -0.3 is 0 Å². The zero-order chi connectivity index (χ0) is 12.3. The molecule has 88 valence electrons. The van der Waals surface area contributed by atoms with Crippen LogP contribution in [-0.4, -0.2) is 0 Å². The Morgan fingerprint density at radius 3 is 2.41 bits per heavy atom. The van der Waals surface area contributed by atoms with E-state index in [4.69, 9.17) is 0 Å². The van der Waals surface area contributed by atoms with E-state index >= 15 is 0 Å². The maximum Gasteiger partial charge on any atom is -0.0143 e. The Morgan fingerprint density at radius 2 is 1.76 bits per heavy atom. The Hall–Kier alpha value is -1.56. The van der Waals surface area contributed by atoms with Crippen LogP contribution in [0.2, 0.25) is 0 Å². The second kappa shape index (κ2) is 5.18. The summed E-state index contributed by atoms with van der Waals surface area (Å²) in [5.74, 6) is 0. The van der Waals surface area contributed by atoms with Crippen molar-refractivity contribution >= 4 is 16.8 Å². The summed E-state index contributed by atoms with van der Waals surface area (Å²) in [6.45, 7) is 6.53. The molecule has 0 amide bonds. The van der Waals surface area contributed by atoms with E-state index in [1.807, 2.05) is 0 Å². The molecule has 0 saturated carbocycles. The van der Waals surface area contributed by atoms with Crippen LogP contribution in [0.4, 0.5) is 0 Å². The molecule has 0 aliphatic carbocycles. The summed E-state index contributed by atoms with van der Waals surface area (Å²) in [4.78, 5) is 0. The van der Waals surface area contributed by atoms with Crippen molar-refractivity contribution in [3.8, 4) is 0 Å². The summed E-state index contributed by atoms with van der Waals surface area (Å²) >= 11 is 0. The first-order valence-corrected chi connectivity index (χ1v) is 6.48. The molecule has 0 fully saturated rings. The molecule has 0 bridgehead atoms. The predicted molar refractivity (Wildman–Crippen MR) is 77.4 cm³/mol. The summed E-state index contributed by atoms with van der Waals surface area (Å²) in [5.41, 5.74) is 4.27. The van der Waals surface area contributed by atoms with Gasteiger partial charge in [0.25, 0.3) is 0 Å². The van der Waals surface area contributed by atoms with Crippen molar-refractivity contribution in [2.24, 2.45) is 0 Å². The van der Waals surface area contributed by atoms with E-state index in [-0.39, 0.29) is 0 Å². The van der Waals surface area contributed by atoms with E-state index in [0.717, 1.165) is 12.8 Å². The van der Waals surface area contributed by atoms with Gasteiger partial charge >= 0.3 is 0 Å². The van der Waals surface area contributed by atoms with Gasteiger partial charge in [0.1, 0.15) is 0 Å². The highest BCUT2D eigenvalue weighted by Gasteiger charge is 2.06. The Bertz CT molecular complexity index is 547. The summed E-state index contributed by atoms with van der Waals surface area (Å²) < 4.78 is 0. The second-order valence-electron chi connectivity index (χ2n) is 4.35. The number of aryl methyl sites for hydroxylation is 2. The first-order chi connectivity index (χ1) is 8.31. The molecule has 17 heavy (non-hydrogen) atoms. The lowest BCUT2D eigenvalue weighted by atomic mass is 9.93. The van der Waals surface area contributed by atoms with E-state index in [1.54, 1.807) is 0 Å². The van der Waals surface area contributed by atoms with E-state index in [9.17, 15) is 0 Å². The van der Waals surface area contributed by atoms with Crippen molar-refractivity contribution in [3.05, 3.63) is 53.1 Å². The summed E-state index contributed by atoms with van der Waals surface area (Å²) in [5, 5.41) is 2.84. The molecule has 0 unspecified atom stereocenters. The molecule has 0 heterocycles. The monoisotopic (exact) mass is 224 g/mol. The number of hydrogen-bond donors (Lipinski definition) is 0. The maximum absolute atomic E-state index is 2.27. The molecule has 2 aromatic carbocycles. The lowest BCUT2D eigenvalue weighted by Gasteiger charge is -2.11. The van der Waals surface area contributed by atoms with Gasteiger partial charge in [-0.2, -0.15) is 0 Å². The van der Waals surface area contributed by atoms with Gasteiger partial charge in [0.05, 0.1) is 0 Å². The van der Waals surface area contributed by atoms with Crippen LogP contribution in [0.15, 0.2) is 36.4 Å². The molecule has 0 saturated heterocycles. The summed E-state index contributed by atoms with van der Waals surface area (Å²) in [6.07, 6.45) is 6.51. The number of benzene rings is 2. The Labute approximate surface area is 104 Å². The molecular weight excluding hydrogens is 204 g/mol. The van der Waals surface area contributed by atoms with Crippen LogP contribution < -0.4 is 0 Å². The lowest BCUT2D eigenvalue weighted by molar-refractivity contribution is 1.14. The topological polar surface area (TPSA) is 0 Å². The third-order valence-electron chi connectivity index (χ3n) is 3.38. The number of hydrogen-bond acceptors (Lipinski definition) is 0. The minimum absolute atomic E-state index is 1.09. The molecule has 0 heteroatoms. The predicted octanol–water partition coefficient (Wildman–Crippen LogP) is 5.00. The van der Waals surface area contributed by atoms with Gasteiger partial charge in [0, 0.05) is 0 Å². The van der Waals surface area contributed by atoms with E-state index in [1.165, 1.54) is 27.5 Å². The summed E-state index contributed by atoms with van der Waals surface area (Å²) in [7, 11) is 0. The maximum atomic E-state index is 2.27. The highest BCUT2D eigenvalue weighted by molar-refractivity contribution is 5.91. The van der Waals surface area contributed by atoms with Crippen molar-refractivity contribution < 1.29 is 0 Å². The third kappa shape index (κ3) is 2.12. The Morgan fingerprint density at radius 1 is 0.941 bits per heavy atom. The molecule has 0 aliphatic heterocycles. The largest absolute Gasteiger partial charge is 0.0871 e. The highest BCUT2D eigenvalue weighted by atomic mass is 14.1. The number of fused-ring (bicyclic) bond motifs is 1.